The third-order valence-electron chi connectivity index (χ3n) is 6.03. The van der Waals surface area contributed by atoms with Crippen LogP contribution in [0.25, 0.3) is 5.69 Å². The summed E-state index contributed by atoms with van der Waals surface area (Å²) in [5.41, 5.74) is 3.42. The Morgan fingerprint density at radius 1 is 1.06 bits per heavy atom. The predicted octanol–water partition coefficient (Wildman–Crippen LogP) is 4.31. The van der Waals surface area contributed by atoms with Gasteiger partial charge in [0.15, 0.2) is 0 Å². The van der Waals surface area contributed by atoms with Crippen LogP contribution in [0.1, 0.15) is 65.6 Å². The first-order chi connectivity index (χ1) is 16.7. The van der Waals surface area contributed by atoms with Gasteiger partial charge in [0.25, 0.3) is 11.8 Å². The van der Waals surface area contributed by atoms with Gasteiger partial charge in [-0.3, -0.25) is 9.59 Å². The molecule has 184 valence electrons. The zero-order valence-electron chi connectivity index (χ0n) is 20.5. The van der Waals surface area contributed by atoms with E-state index in [-0.39, 0.29) is 35.8 Å². The van der Waals surface area contributed by atoms with Gasteiger partial charge in [-0.15, -0.1) is 0 Å². The fourth-order valence-corrected chi connectivity index (χ4v) is 4.45. The lowest BCUT2D eigenvalue weighted by Crippen LogP contribution is -2.48. The highest BCUT2D eigenvalue weighted by Gasteiger charge is 2.26. The molecule has 2 aromatic carbocycles. The second-order valence-corrected chi connectivity index (χ2v) is 9.33. The van der Waals surface area contributed by atoms with E-state index >= 15 is 0 Å². The number of hydrogen-bond donors (Lipinski definition) is 1. The number of halogens is 1. The lowest BCUT2D eigenvalue weighted by atomic mass is 10.0. The van der Waals surface area contributed by atoms with Crippen LogP contribution < -0.4 is 5.32 Å². The van der Waals surface area contributed by atoms with E-state index in [9.17, 15) is 14.0 Å². The maximum Gasteiger partial charge on any atom is 0.255 e. The number of morpholine rings is 1. The van der Waals surface area contributed by atoms with Crippen molar-refractivity contribution in [2.75, 3.05) is 13.1 Å². The van der Waals surface area contributed by atoms with Crippen molar-refractivity contribution < 1.29 is 18.7 Å². The van der Waals surface area contributed by atoms with Gasteiger partial charge in [-0.05, 0) is 61.7 Å². The Labute approximate surface area is 204 Å². The summed E-state index contributed by atoms with van der Waals surface area (Å²) in [5.74, 6) is -0.554. The largest absolute Gasteiger partial charge is 0.372 e. The van der Waals surface area contributed by atoms with Crippen LogP contribution in [0, 0.1) is 5.82 Å². The average molecular weight is 479 g/mol. The van der Waals surface area contributed by atoms with E-state index in [0.29, 0.717) is 36.4 Å². The molecule has 8 heteroatoms. The van der Waals surface area contributed by atoms with Gasteiger partial charge < -0.3 is 15.0 Å². The lowest BCUT2D eigenvalue weighted by Gasteiger charge is -2.35. The van der Waals surface area contributed by atoms with Gasteiger partial charge in [0, 0.05) is 25.2 Å². The molecule has 2 atom stereocenters. The molecule has 1 saturated heterocycles. The van der Waals surface area contributed by atoms with Gasteiger partial charge in [-0.1, -0.05) is 26.0 Å². The number of carbonyl (C=O) groups is 2. The Kier molecular flexibility index (Phi) is 7.31. The summed E-state index contributed by atoms with van der Waals surface area (Å²) >= 11 is 0. The van der Waals surface area contributed by atoms with Crippen LogP contribution in [-0.4, -0.2) is 51.8 Å². The highest BCUT2D eigenvalue weighted by Crippen LogP contribution is 2.23. The molecule has 35 heavy (non-hydrogen) atoms. The number of amides is 2. The van der Waals surface area contributed by atoms with E-state index in [2.05, 4.69) is 10.4 Å². The molecule has 2 amide bonds. The summed E-state index contributed by atoms with van der Waals surface area (Å²) < 4.78 is 20.7. The number of carbonyl (C=O) groups excluding carboxylic acids is 2. The fourth-order valence-electron chi connectivity index (χ4n) is 4.45. The van der Waals surface area contributed by atoms with Crippen molar-refractivity contribution in [1.82, 2.24) is 20.0 Å². The van der Waals surface area contributed by atoms with Crippen molar-refractivity contribution in [3.8, 4) is 5.69 Å². The Bertz CT molecular complexity index is 1180. The predicted molar refractivity (Wildman–Crippen MR) is 131 cm³/mol. The molecule has 0 saturated carbocycles. The highest BCUT2D eigenvalue weighted by molar-refractivity contribution is 5.96. The Balaban J connectivity index is 1.42. The number of hydrogen-bond acceptors (Lipinski definition) is 4. The van der Waals surface area contributed by atoms with E-state index in [1.54, 1.807) is 35.1 Å². The molecule has 1 aliphatic heterocycles. The minimum atomic E-state index is -0.327. The molecule has 0 spiro atoms. The lowest BCUT2D eigenvalue weighted by molar-refractivity contribution is -0.0586. The zero-order valence-corrected chi connectivity index (χ0v) is 20.5. The molecule has 1 aliphatic rings. The van der Waals surface area contributed by atoms with Crippen molar-refractivity contribution >= 4 is 11.8 Å². The second-order valence-electron chi connectivity index (χ2n) is 9.33. The van der Waals surface area contributed by atoms with Crippen LogP contribution in [0.15, 0.2) is 54.7 Å². The van der Waals surface area contributed by atoms with E-state index in [1.807, 2.05) is 44.7 Å². The smallest absolute Gasteiger partial charge is 0.255 e. The minimum Gasteiger partial charge on any atom is -0.372 e. The summed E-state index contributed by atoms with van der Waals surface area (Å²) in [7, 11) is 0. The molecule has 7 nitrogen and oxygen atoms in total. The number of rotatable bonds is 6. The first kappa shape index (κ1) is 24.6. The van der Waals surface area contributed by atoms with Gasteiger partial charge in [-0.25, -0.2) is 9.07 Å². The van der Waals surface area contributed by atoms with Crippen LogP contribution >= 0.6 is 0 Å². The molecule has 3 aromatic rings. The molecule has 0 aliphatic carbocycles. The molecule has 1 fully saturated rings. The molecule has 0 radical (unpaired) electrons. The maximum atomic E-state index is 13.3. The normalized spacial score (nSPS) is 18.1. The second kappa shape index (κ2) is 10.4. The number of ether oxygens (including phenoxy) is 1. The maximum absolute atomic E-state index is 13.3. The summed E-state index contributed by atoms with van der Waals surface area (Å²) in [4.78, 5) is 27.7. The zero-order chi connectivity index (χ0) is 25.1. The van der Waals surface area contributed by atoms with Crippen molar-refractivity contribution in [1.29, 1.82) is 0 Å². The molecule has 2 unspecified atom stereocenters. The van der Waals surface area contributed by atoms with Crippen LogP contribution in [0.5, 0.6) is 0 Å². The van der Waals surface area contributed by atoms with Crippen LogP contribution in [-0.2, 0) is 11.3 Å². The van der Waals surface area contributed by atoms with E-state index in [0.717, 1.165) is 11.3 Å². The topological polar surface area (TPSA) is 76.5 Å². The molecule has 0 bridgehead atoms. The SMILES string of the molecule is CC1CN(C(=O)c2ccc(CNC(=O)c3cnn(-c4ccc(F)cc4)c3C(C)C)cc2)CC(C)O1. The summed E-state index contributed by atoms with van der Waals surface area (Å²) in [6, 6.07) is 13.3. The van der Waals surface area contributed by atoms with Crippen LogP contribution in [0.4, 0.5) is 4.39 Å². The fraction of sp³-hybridized carbons (Fsp3) is 0.370. The standard InChI is InChI=1S/C27H31FN4O3/c1-17(2)25-24(14-30-32(25)23-11-9-22(28)10-12-23)26(33)29-13-20-5-7-21(8-6-20)27(34)31-15-18(3)35-19(4)16-31/h5-12,14,17-19H,13,15-16H2,1-4H3,(H,29,33). The Hall–Kier alpha value is -3.52. The molecule has 1 aromatic heterocycles. The Morgan fingerprint density at radius 3 is 2.29 bits per heavy atom. The number of nitrogens with one attached hydrogen (secondary N) is 1. The number of benzene rings is 2. The third-order valence-corrected chi connectivity index (χ3v) is 6.03. The van der Waals surface area contributed by atoms with E-state index in [1.165, 1.54) is 12.1 Å². The van der Waals surface area contributed by atoms with Gasteiger partial charge in [0.2, 0.25) is 0 Å². The first-order valence-corrected chi connectivity index (χ1v) is 11.9. The quantitative estimate of drug-likeness (QED) is 0.573. The molecular formula is C27H31FN4O3. The average Bonchev–Trinajstić information content (AvgIpc) is 3.28. The molecular weight excluding hydrogens is 447 g/mol. The Morgan fingerprint density at radius 2 is 1.69 bits per heavy atom. The van der Waals surface area contributed by atoms with Crippen molar-refractivity contribution in [3.63, 3.8) is 0 Å². The third kappa shape index (κ3) is 5.59. The van der Waals surface area contributed by atoms with Gasteiger partial charge >= 0.3 is 0 Å². The van der Waals surface area contributed by atoms with Crippen molar-refractivity contribution in [2.45, 2.75) is 52.4 Å². The molecule has 4 rings (SSSR count). The van der Waals surface area contributed by atoms with Gasteiger partial charge in [0.05, 0.1) is 35.3 Å². The van der Waals surface area contributed by atoms with Crippen molar-refractivity contribution in [3.05, 3.63) is 82.9 Å². The molecule has 2 heterocycles. The monoisotopic (exact) mass is 478 g/mol. The minimum absolute atomic E-state index is 0.0142. The highest BCUT2D eigenvalue weighted by atomic mass is 19.1. The van der Waals surface area contributed by atoms with Crippen LogP contribution in [0.3, 0.4) is 0 Å². The summed E-state index contributed by atoms with van der Waals surface area (Å²) in [6.07, 6.45) is 1.57. The van der Waals surface area contributed by atoms with Crippen molar-refractivity contribution in [2.24, 2.45) is 0 Å². The first-order valence-electron chi connectivity index (χ1n) is 11.9. The molecule has 1 N–H and O–H groups in total. The number of aromatic nitrogens is 2. The summed E-state index contributed by atoms with van der Waals surface area (Å²) in [5, 5.41) is 7.33. The van der Waals surface area contributed by atoms with Crippen LogP contribution in [0.2, 0.25) is 0 Å². The van der Waals surface area contributed by atoms with E-state index < -0.39 is 0 Å². The van der Waals surface area contributed by atoms with Gasteiger partial charge in [0.1, 0.15) is 5.82 Å². The van der Waals surface area contributed by atoms with Gasteiger partial charge in [-0.2, -0.15) is 5.10 Å². The summed E-state index contributed by atoms with van der Waals surface area (Å²) in [6.45, 7) is 9.37. The number of nitrogens with zero attached hydrogens (tertiary/aromatic N) is 3. The van der Waals surface area contributed by atoms with E-state index in [4.69, 9.17) is 4.74 Å².